The van der Waals surface area contributed by atoms with E-state index in [0.29, 0.717) is 23.5 Å². The number of aromatic nitrogens is 1. The van der Waals surface area contributed by atoms with E-state index in [1.807, 2.05) is 73.6 Å². The molecule has 4 aromatic rings. The fraction of sp³-hybridized carbons (Fsp3) is 0.167. The van der Waals surface area contributed by atoms with Gasteiger partial charge in [0.25, 0.3) is 0 Å². The van der Waals surface area contributed by atoms with Gasteiger partial charge in [-0.25, -0.2) is 4.99 Å². The maximum Gasteiger partial charge on any atom is 0.240 e. The molecular weight excluding hydrogens is 392 g/mol. The molecule has 0 aliphatic carbocycles. The minimum atomic E-state index is 0.00375. The largest absolute Gasteiger partial charge is 0.494 e. The van der Waals surface area contributed by atoms with Gasteiger partial charge in [0.1, 0.15) is 0 Å². The summed E-state index contributed by atoms with van der Waals surface area (Å²) in [4.78, 5) is 23.6. The Morgan fingerprint density at radius 3 is 2.48 bits per heavy atom. The van der Waals surface area contributed by atoms with Gasteiger partial charge < -0.3 is 24.3 Å². The van der Waals surface area contributed by atoms with Crippen LogP contribution in [-0.4, -0.2) is 54.3 Å². The molecule has 0 fully saturated rings. The molecule has 2 heterocycles. The highest BCUT2D eigenvalue weighted by Gasteiger charge is 2.19. The number of likely N-dealkylation sites (N-methyl/N-ethyl adjacent to an activating group) is 2. The van der Waals surface area contributed by atoms with Crippen LogP contribution in [0.3, 0.4) is 0 Å². The third-order valence-electron chi connectivity index (χ3n) is 5.02. The van der Waals surface area contributed by atoms with Gasteiger partial charge in [-0.05, 0) is 50.5 Å². The van der Waals surface area contributed by atoms with Crippen LogP contribution < -0.4 is 4.90 Å². The number of aliphatic imine (C=N–C) groups is 1. The minimum Gasteiger partial charge on any atom is -0.494 e. The maximum atomic E-state index is 12.3. The molecule has 31 heavy (non-hydrogen) atoms. The fourth-order valence-corrected chi connectivity index (χ4v) is 3.43. The number of nitrogens with one attached hydrogen (secondary N) is 1. The summed E-state index contributed by atoms with van der Waals surface area (Å²) in [5.74, 6) is 0.0517. The van der Waals surface area contributed by atoms with Crippen LogP contribution in [0.5, 0.6) is 5.88 Å². The molecule has 2 N–H and O–H groups in total. The molecule has 0 saturated heterocycles. The molecule has 0 aliphatic heterocycles. The van der Waals surface area contributed by atoms with Gasteiger partial charge >= 0.3 is 0 Å². The summed E-state index contributed by atoms with van der Waals surface area (Å²) in [6.45, 7) is 0.334. The molecule has 7 nitrogen and oxygen atoms in total. The van der Waals surface area contributed by atoms with Crippen molar-refractivity contribution in [1.29, 1.82) is 0 Å². The zero-order valence-corrected chi connectivity index (χ0v) is 17.7. The summed E-state index contributed by atoms with van der Waals surface area (Å²) in [6, 6.07) is 16.9. The first-order valence-electron chi connectivity index (χ1n) is 9.86. The van der Waals surface area contributed by atoms with E-state index in [9.17, 15) is 9.90 Å². The first kappa shape index (κ1) is 20.4. The van der Waals surface area contributed by atoms with Gasteiger partial charge in [0.15, 0.2) is 5.88 Å². The lowest BCUT2D eigenvalue weighted by Gasteiger charge is -2.19. The average molecular weight is 416 g/mol. The number of aromatic amines is 1. The van der Waals surface area contributed by atoms with Crippen molar-refractivity contribution >= 4 is 33.9 Å². The van der Waals surface area contributed by atoms with Gasteiger partial charge in [-0.1, -0.05) is 18.2 Å². The van der Waals surface area contributed by atoms with Crippen molar-refractivity contribution in [2.24, 2.45) is 4.99 Å². The first-order valence-corrected chi connectivity index (χ1v) is 9.86. The molecule has 0 unspecified atom stereocenters. The Morgan fingerprint density at radius 2 is 1.81 bits per heavy atom. The van der Waals surface area contributed by atoms with Crippen LogP contribution in [0.25, 0.3) is 10.9 Å². The molecule has 2 aromatic carbocycles. The first-order chi connectivity index (χ1) is 14.9. The number of hydrogen-bond acceptors (Lipinski definition) is 5. The molecule has 7 heteroatoms. The Kier molecular flexibility index (Phi) is 5.60. The van der Waals surface area contributed by atoms with Gasteiger partial charge in [-0.2, -0.15) is 0 Å². The van der Waals surface area contributed by atoms with Crippen molar-refractivity contribution in [3.8, 4) is 5.88 Å². The fourth-order valence-electron chi connectivity index (χ4n) is 3.43. The number of carbonyl (C=O) groups is 1. The number of aromatic hydroxyl groups is 1. The average Bonchev–Trinajstić information content (AvgIpc) is 3.39. The molecule has 0 atom stereocenters. The Labute approximate surface area is 180 Å². The quantitative estimate of drug-likeness (QED) is 0.462. The van der Waals surface area contributed by atoms with E-state index in [4.69, 9.17) is 9.41 Å². The highest BCUT2D eigenvalue weighted by atomic mass is 16.3. The highest BCUT2D eigenvalue weighted by Crippen LogP contribution is 2.31. The van der Waals surface area contributed by atoms with Crippen molar-refractivity contribution in [2.75, 3.05) is 32.6 Å². The number of benzene rings is 2. The molecule has 2 aromatic heterocycles. The van der Waals surface area contributed by atoms with Crippen LogP contribution in [-0.2, 0) is 4.79 Å². The number of fused-ring (bicyclic) bond motifs is 1. The van der Waals surface area contributed by atoms with E-state index in [1.165, 1.54) is 0 Å². The predicted octanol–water partition coefficient (Wildman–Crippen LogP) is 4.16. The second kappa shape index (κ2) is 8.49. The van der Waals surface area contributed by atoms with Crippen LogP contribution in [0.15, 0.2) is 76.5 Å². The summed E-state index contributed by atoms with van der Waals surface area (Å²) in [5.41, 5.74) is 4.25. The predicted molar refractivity (Wildman–Crippen MR) is 122 cm³/mol. The smallest absolute Gasteiger partial charge is 0.240 e. The molecule has 0 saturated carbocycles. The van der Waals surface area contributed by atoms with Crippen molar-refractivity contribution in [3.63, 3.8) is 0 Å². The topological polar surface area (TPSA) is 85.1 Å². The van der Waals surface area contributed by atoms with Crippen molar-refractivity contribution in [2.45, 2.75) is 0 Å². The number of carbonyl (C=O) groups excluding carboxylic acids is 1. The Morgan fingerprint density at radius 1 is 1.06 bits per heavy atom. The number of H-pyrrole nitrogens is 1. The number of furan rings is 1. The zero-order valence-electron chi connectivity index (χ0n) is 17.7. The Hall–Kier alpha value is -3.84. The molecule has 0 spiro atoms. The van der Waals surface area contributed by atoms with Crippen LogP contribution in [0.1, 0.15) is 11.1 Å². The number of rotatable bonds is 6. The van der Waals surface area contributed by atoms with E-state index in [0.717, 1.165) is 22.2 Å². The second-order valence-corrected chi connectivity index (χ2v) is 7.57. The SMILES string of the molecule is CN(C)CC(=O)N(C)c1ccc(N=C(c2ccoc2)c2c(O)[nH]c3ccccc23)cc1. The summed E-state index contributed by atoms with van der Waals surface area (Å²) in [7, 11) is 5.48. The molecule has 4 rings (SSSR count). The van der Waals surface area contributed by atoms with Crippen molar-refractivity contribution in [1.82, 2.24) is 9.88 Å². The van der Waals surface area contributed by atoms with Crippen LogP contribution in [0.2, 0.25) is 0 Å². The lowest BCUT2D eigenvalue weighted by atomic mass is 10.0. The summed E-state index contributed by atoms with van der Waals surface area (Å²) in [5, 5.41) is 11.5. The van der Waals surface area contributed by atoms with Crippen LogP contribution >= 0.6 is 0 Å². The molecular formula is C24H24N4O3. The molecule has 0 radical (unpaired) electrons. The number of para-hydroxylation sites is 1. The lowest BCUT2D eigenvalue weighted by molar-refractivity contribution is -0.118. The van der Waals surface area contributed by atoms with Crippen molar-refractivity contribution in [3.05, 3.63) is 78.3 Å². The summed E-state index contributed by atoms with van der Waals surface area (Å²) >= 11 is 0. The molecule has 0 bridgehead atoms. The lowest BCUT2D eigenvalue weighted by Crippen LogP contribution is -2.34. The second-order valence-electron chi connectivity index (χ2n) is 7.57. The van der Waals surface area contributed by atoms with E-state index in [-0.39, 0.29) is 11.8 Å². The number of anilines is 1. The Balaban J connectivity index is 1.73. The van der Waals surface area contributed by atoms with Gasteiger partial charge in [0.2, 0.25) is 5.91 Å². The van der Waals surface area contributed by atoms with Gasteiger partial charge in [0, 0.05) is 29.2 Å². The zero-order chi connectivity index (χ0) is 22.0. The normalized spacial score (nSPS) is 11.9. The highest BCUT2D eigenvalue weighted by molar-refractivity contribution is 6.21. The minimum absolute atomic E-state index is 0.00375. The summed E-state index contributed by atoms with van der Waals surface area (Å²) in [6.07, 6.45) is 3.17. The van der Waals surface area contributed by atoms with Gasteiger partial charge in [-0.3, -0.25) is 4.79 Å². The van der Waals surface area contributed by atoms with E-state index in [1.54, 1.807) is 24.5 Å². The standard InChI is InChI=1S/C24H24N4O3/c1-27(2)14-21(29)28(3)18-10-8-17(9-11-18)25-23(16-12-13-31-15-16)22-19-6-4-5-7-20(19)26-24(22)30/h4-13,15,26,30H,14H2,1-3H3. The number of hydrogen-bond donors (Lipinski definition) is 2. The van der Waals surface area contributed by atoms with E-state index >= 15 is 0 Å². The number of amides is 1. The van der Waals surface area contributed by atoms with Crippen molar-refractivity contribution < 1.29 is 14.3 Å². The maximum absolute atomic E-state index is 12.3. The Bertz CT molecular complexity index is 1220. The van der Waals surface area contributed by atoms with E-state index < -0.39 is 0 Å². The third-order valence-corrected chi connectivity index (χ3v) is 5.02. The van der Waals surface area contributed by atoms with Gasteiger partial charge in [-0.15, -0.1) is 0 Å². The third kappa shape index (κ3) is 4.22. The molecule has 0 aliphatic rings. The number of nitrogens with zero attached hydrogens (tertiary/aromatic N) is 3. The molecule has 1 amide bonds. The van der Waals surface area contributed by atoms with Crippen LogP contribution in [0, 0.1) is 0 Å². The summed E-state index contributed by atoms with van der Waals surface area (Å²) < 4.78 is 5.27. The van der Waals surface area contributed by atoms with E-state index in [2.05, 4.69) is 4.98 Å². The monoisotopic (exact) mass is 416 g/mol. The molecule has 158 valence electrons. The van der Waals surface area contributed by atoms with Gasteiger partial charge in [0.05, 0.1) is 36.0 Å². The van der Waals surface area contributed by atoms with Crippen LogP contribution in [0.4, 0.5) is 11.4 Å².